The number of nitrogens with one attached hydrogen (secondary N) is 2. The van der Waals surface area contributed by atoms with Gasteiger partial charge in [-0.2, -0.15) is 20.1 Å². The Labute approximate surface area is 200 Å². The summed E-state index contributed by atoms with van der Waals surface area (Å²) in [6.45, 7) is 6.49. The van der Waals surface area contributed by atoms with E-state index in [1.165, 1.54) is 5.56 Å². The number of rotatable bonds is 12. The van der Waals surface area contributed by atoms with Gasteiger partial charge in [-0.05, 0) is 24.5 Å². The molecule has 34 heavy (non-hydrogen) atoms. The van der Waals surface area contributed by atoms with E-state index in [1.807, 2.05) is 42.6 Å². The third-order valence-electron chi connectivity index (χ3n) is 5.33. The smallest absolute Gasteiger partial charge is 0.323 e. The molecule has 0 atom stereocenters. The van der Waals surface area contributed by atoms with Crippen molar-refractivity contribution in [1.29, 1.82) is 0 Å². The van der Waals surface area contributed by atoms with Gasteiger partial charge in [0, 0.05) is 42.2 Å². The number of anilines is 2. The summed E-state index contributed by atoms with van der Waals surface area (Å²) in [6.07, 6.45) is 6.46. The molecule has 0 bridgehead atoms. The average molecular weight is 458 g/mol. The topological polar surface area (TPSA) is 91.3 Å². The van der Waals surface area contributed by atoms with Crippen LogP contribution in [0.5, 0.6) is 6.01 Å². The lowest BCUT2D eigenvalue weighted by atomic mass is 10.2. The largest absolute Gasteiger partial charge is 0.463 e. The van der Waals surface area contributed by atoms with Crippen LogP contribution >= 0.6 is 0 Å². The summed E-state index contributed by atoms with van der Waals surface area (Å²) in [5.74, 6) is 0.950. The summed E-state index contributed by atoms with van der Waals surface area (Å²) < 4.78 is 5.92. The Morgan fingerprint density at radius 2 is 1.74 bits per heavy atom. The first-order chi connectivity index (χ1) is 16.8. The minimum atomic E-state index is 0.294. The zero-order chi connectivity index (χ0) is 23.6. The molecule has 0 saturated carbocycles. The minimum absolute atomic E-state index is 0.294. The van der Waals surface area contributed by atoms with Gasteiger partial charge in [0.2, 0.25) is 5.95 Å². The number of nitrogens with zero attached hydrogens (tertiary/aromatic N) is 5. The number of benzene rings is 2. The fourth-order valence-corrected chi connectivity index (χ4v) is 3.72. The molecule has 8 heteroatoms. The van der Waals surface area contributed by atoms with E-state index >= 15 is 0 Å². The van der Waals surface area contributed by atoms with Crippen molar-refractivity contribution in [1.82, 2.24) is 19.9 Å². The van der Waals surface area contributed by atoms with Crippen LogP contribution in [0.2, 0.25) is 0 Å². The van der Waals surface area contributed by atoms with Crippen molar-refractivity contribution in [2.24, 2.45) is 5.10 Å². The number of H-pyrrole nitrogens is 1. The van der Waals surface area contributed by atoms with E-state index in [1.54, 1.807) is 6.21 Å². The second-order valence-corrected chi connectivity index (χ2v) is 7.97. The van der Waals surface area contributed by atoms with E-state index in [0.717, 1.165) is 48.8 Å². The van der Waals surface area contributed by atoms with Crippen LogP contribution in [0.25, 0.3) is 10.9 Å². The predicted octanol–water partition coefficient (Wildman–Crippen LogP) is 5.05. The van der Waals surface area contributed by atoms with Crippen LogP contribution in [0.1, 0.15) is 37.8 Å². The van der Waals surface area contributed by atoms with Crippen molar-refractivity contribution in [3.05, 3.63) is 71.9 Å². The van der Waals surface area contributed by atoms with Crippen molar-refractivity contribution in [3.63, 3.8) is 0 Å². The zero-order valence-corrected chi connectivity index (χ0v) is 19.7. The lowest BCUT2D eigenvalue weighted by Gasteiger charge is -2.21. The van der Waals surface area contributed by atoms with Gasteiger partial charge in [0.15, 0.2) is 0 Å². The molecule has 4 aromatic rings. The van der Waals surface area contributed by atoms with Crippen molar-refractivity contribution in [3.8, 4) is 6.01 Å². The molecule has 0 aliphatic rings. The molecule has 0 aliphatic heterocycles. The van der Waals surface area contributed by atoms with Gasteiger partial charge in [-0.1, -0.05) is 62.4 Å². The molecule has 0 amide bonds. The van der Waals surface area contributed by atoms with Gasteiger partial charge in [0.05, 0.1) is 12.8 Å². The number of aromatic nitrogens is 4. The van der Waals surface area contributed by atoms with E-state index in [-0.39, 0.29) is 0 Å². The summed E-state index contributed by atoms with van der Waals surface area (Å²) >= 11 is 0. The molecule has 0 spiro atoms. The normalized spacial score (nSPS) is 11.2. The Bertz CT molecular complexity index is 1200. The number of aromatic amines is 1. The van der Waals surface area contributed by atoms with E-state index < -0.39 is 0 Å². The van der Waals surface area contributed by atoms with Crippen molar-refractivity contribution >= 4 is 29.0 Å². The molecule has 2 aromatic carbocycles. The highest BCUT2D eigenvalue weighted by molar-refractivity contribution is 5.99. The third-order valence-corrected chi connectivity index (χ3v) is 5.33. The maximum Gasteiger partial charge on any atom is 0.323 e. The Morgan fingerprint density at radius 3 is 2.53 bits per heavy atom. The maximum absolute atomic E-state index is 5.92. The Morgan fingerprint density at radius 1 is 0.971 bits per heavy atom. The van der Waals surface area contributed by atoms with E-state index in [9.17, 15) is 0 Å². The van der Waals surface area contributed by atoms with Gasteiger partial charge in [-0.15, -0.1) is 0 Å². The molecule has 4 rings (SSSR count). The molecule has 8 nitrogen and oxygen atoms in total. The third kappa shape index (κ3) is 6.10. The van der Waals surface area contributed by atoms with Crippen LogP contribution in [-0.4, -0.2) is 45.8 Å². The van der Waals surface area contributed by atoms with Crippen LogP contribution < -0.4 is 15.1 Å². The fourth-order valence-electron chi connectivity index (χ4n) is 3.72. The number of ether oxygens (including phenoxy) is 1. The summed E-state index contributed by atoms with van der Waals surface area (Å²) in [5.41, 5.74) is 6.21. The maximum atomic E-state index is 5.92. The molecule has 0 aliphatic carbocycles. The number of hydrogen-bond donors (Lipinski definition) is 2. The van der Waals surface area contributed by atoms with Crippen LogP contribution in [0.4, 0.5) is 11.9 Å². The second-order valence-electron chi connectivity index (χ2n) is 7.97. The predicted molar refractivity (Wildman–Crippen MR) is 138 cm³/mol. The lowest BCUT2D eigenvalue weighted by Crippen LogP contribution is -2.27. The van der Waals surface area contributed by atoms with Crippen molar-refractivity contribution in [2.75, 3.05) is 30.0 Å². The highest BCUT2D eigenvalue weighted by atomic mass is 16.5. The molecule has 176 valence electrons. The summed E-state index contributed by atoms with van der Waals surface area (Å²) in [5, 5.41) is 5.48. The van der Waals surface area contributed by atoms with Crippen molar-refractivity contribution in [2.45, 2.75) is 33.1 Å². The molecule has 0 radical (unpaired) electrons. The number of hydrazone groups is 1. The highest BCUT2D eigenvalue weighted by Crippen LogP contribution is 2.18. The van der Waals surface area contributed by atoms with Gasteiger partial charge in [-0.3, -0.25) is 0 Å². The van der Waals surface area contributed by atoms with Crippen LogP contribution in [0.15, 0.2) is 65.9 Å². The van der Waals surface area contributed by atoms with E-state index in [0.29, 0.717) is 24.5 Å². The first-order valence-corrected chi connectivity index (χ1v) is 11.8. The summed E-state index contributed by atoms with van der Waals surface area (Å²) in [7, 11) is 0. The van der Waals surface area contributed by atoms with E-state index in [4.69, 9.17) is 4.74 Å². The SMILES string of the molecule is CCCN(CCC)c1nc(N/N=C/c2c[nH]c3ccccc23)nc(OCCc2ccccc2)n1. The summed E-state index contributed by atoms with van der Waals surface area (Å²) in [6, 6.07) is 18.6. The molecule has 2 aromatic heterocycles. The van der Waals surface area contributed by atoms with Crippen LogP contribution in [-0.2, 0) is 6.42 Å². The number of hydrogen-bond acceptors (Lipinski definition) is 7. The molecule has 2 heterocycles. The Kier molecular flexibility index (Phi) is 8.05. The van der Waals surface area contributed by atoms with Crippen LogP contribution in [0, 0.1) is 0 Å². The molecular weight excluding hydrogens is 426 g/mol. The second kappa shape index (κ2) is 11.8. The zero-order valence-electron chi connectivity index (χ0n) is 19.7. The Balaban J connectivity index is 1.51. The number of fused-ring (bicyclic) bond motifs is 1. The van der Waals surface area contributed by atoms with Gasteiger partial charge >= 0.3 is 6.01 Å². The first-order valence-electron chi connectivity index (χ1n) is 11.8. The quantitative estimate of drug-likeness (QED) is 0.229. The average Bonchev–Trinajstić information content (AvgIpc) is 3.28. The highest BCUT2D eigenvalue weighted by Gasteiger charge is 2.13. The molecule has 0 fully saturated rings. The van der Waals surface area contributed by atoms with Gasteiger partial charge < -0.3 is 14.6 Å². The van der Waals surface area contributed by atoms with Gasteiger partial charge in [0.25, 0.3) is 5.95 Å². The minimum Gasteiger partial charge on any atom is -0.463 e. The molecule has 0 unspecified atom stereocenters. The Hall–Kier alpha value is -3.94. The molecular formula is C26H31N7O. The first kappa shape index (κ1) is 23.2. The lowest BCUT2D eigenvalue weighted by molar-refractivity contribution is 0.295. The fraction of sp³-hybridized carbons (Fsp3) is 0.308. The summed E-state index contributed by atoms with van der Waals surface area (Å²) in [4.78, 5) is 19.0. The van der Waals surface area contributed by atoms with Crippen LogP contribution in [0.3, 0.4) is 0 Å². The standard InChI is InChI=1S/C26H31N7O/c1-3-15-33(16-4-2)25-29-24(30-26(31-25)34-17-14-20-10-6-5-7-11-20)32-28-19-21-18-27-23-13-9-8-12-22(21)23/h5-13,18-19,27H,3-4,14-17H2,1-2H3,(H,29,30,31,32)/b28-19+. The van der Waals surface area contributed by atoms with Gasteiger partial charge in [0.1, 0.15) is 0 Å². The van der Waals surface area contributed by atoms with E-state index in [2.05, 4.69) is 67.4 Å². The monoisotopic (exact) mass is 457 g/mol. The molecule has 2 N–H and O–H groups in total. The molecule has 0 saturated heterocycles. The van der Waals surface area contributed by atoms with Crippen molar-refractivity contribution < 1.29 is 4.74 Å². The number of para-hydroxylation sites is 1. The van der Waals surface area contributed by atoms with Gasteiger partial charge in [-0.25, -0.2) is 5.43 Å².